The summed E-state index contributed by atoms with van der Waals surface area (Å²) in [6.07, 6.45) is 0. The number of hydrogen-bond donors (Lipinski definition) is 0. The molecule has 22 heavy (non-hydrogen) atoms. The molecule has 1 aliphatic heterocycles. The molecule has 3 rings (SSSR count). The average molecular weight is 408 g/mol. The molecule has 0 N–H and O–H groups in total. The summed E-state index contributed by atoms with van der Waals surface area (Å²) in [6, 6.07) is 15.4. The van der Waals surface area contributed by atoms with Gasteiger partial charge in [0.05, 0.1) is 5.56 Å². The molecule has 0 aromatic heterocycles. The number of ether oxygens (including phenoxy) is 2. The van der Waals surface area contributed by atoms with Crippen molar-refractivity contribution in [3.63, 3.8) is 0 Å². The molecule has 0 saturated heterocycles. The molecule has 1 atom stereocenters. The van der Waals surface area contributed by atoms with Crippen LogP contribution in [0.5, 0.6) is 11.5 Å². The van der Waals surface area contributed by atoms with Gasteiger partial charge in [-0.25, -0.2) is 0 Å². The first-order valence-electron chi connectivity index (χ1n) is 7.15. The van der Waals surface area contributed by atoms with E-state index in [1.54, 1.807) is 12.1 Å². The van der Waals surface area contributed by atoms with Crippen LogP contribution in [0.3, 0.4) is 0 Å². The average Bonchev–Trinajstić information content (AvgIpc) is 2.51. The highest BCUT2D eigenvalue weighted by Gasteiger charge is 2.41. The van der Waals surface area contributed by atoms with Crippen LogP contribution in [-0.2, 0) is 6.61 Å². The van der Waals surface area contributed by atoms with Crippen molar-refractivity contribution in [1.82, 2.24) is 0 Å². The molecule has 0 spiro atoms. The van der Waals surface area contributed by atoms with Crippen LogP contribution in [0.25, 0.3) is 0 Å². The molecule has 4 heteroatoms. The number of alkyl halides is 1. The van der Waals surface area contributed by atoms with Crippen LogP contribution in [-0.4, -0.2) is 15.3 Å². The Morgan fingerprint density at radius 2 is 1.91 bits per heavy atom. The molecule has 0 radical (unpaired) electrons. The Labute approximate surface area is 143 Å². The molecular weight excluding hydrogens is 391 g/mol. The Morgan fingerprint density at radius 1 is 1.18 bits per heavy atom. The van der Waals surface area contributed by atoms with Gasteiger partial charge in [0.15, 0.2) is 5.78 Å². The van der Waals surface area contributed by atoms with Crippen LogP contribution in [0.2, 0.25) is 0 Å². The van der Waals surface area contributed by atoms with Gasteiger partial charge in [0, 0.05) is 6.07 Å². The highest BCUT2D eigenvalue weighted by molar-refractivity contribution is 14.1. The normalized spacial score (nSPS) is 19.2. The summed E-state index contributed by atoms with van der Waals surface area (Å²) >= 11 is 2.15. The van der Waals surface area contributed by atoms with Gasteiger partial charge in [-0.3, -0.25) is 4.79 Å². The number of benzene rings is 2. The van der Waals surface area contributed by atoms with E-state index in [0.717, 1.165) is 5.56 Å². The van der Waals surface area contributed by atoms with Crippen molar-refractivity contribution >= 4 is 28.4 Å². The number of halogens is 1. The predicted molar refractivity (Wildman–Crippen MR) is 94.1 cm³/mol. The van der Waals surface area contributed by atoms with E-state index in [0.29, 0.717) is 23.7 Å². The van der Waals surface area contributed by atoms with Crippen LogP contribution in [0.4, 0.5) is 0 Å². The quantitative estimate of drug-likeness (QED) is 0.557. The van der Waals surface area contributed by atoms with E-state index in [1.807, 2.05) is 50.2 Å². The Morgan fingerprint density at radius 3 is 2.64 bits per heavy atom. The topological polar surface area (TPSA) is 35.5 Å². The minimum absolute atomic E-state index is 0.112. The molecule has 0 saturated carbocycles. The van der Waals surface area contributed by atoms with E-state index in [4.69, 9.17) is 9.47 Å². The zero-order chi connectivity index (χ0) is 15.7. The van der Waals surface area contributed by atoms with Crippen molar-refractivity contribution in [3.05, 3.63) is 59.7 Å². The number of fused-ring (bicyclic) bond motifs is 1. The second kappa shape index (κ2) is 5.91. The molecule has 1 heterocycles. The van der Waals surface area contributed by atoms with E-state index in [2.05, 4.69) is 22.6 Å². The standard InChI is InChI=1S/C18H17IO3/c1-18(2)17(19)16(20)14-9-8-13(10-15(14)22-18)21-11-12-6-4-3-5-7-12/h3-10,17H,11H2,1-2H3. The molecule has 2 aromatic rings. The van der Waals surface area contributed by atoms with Gasteiger partial charge in [0.2, 0.25) is 0 Å². The third-order valence-corrected chi connectivity index (χ3v) is 5.75. The fourth-order valence-corrected chi connectivity index (χ4v) is 2.87. The molecule has 3 nitrogen and oxygen atoms in total. The highest BCUT2D eigenvalue weighted by atomic mass is 127. The maximum Gasteiger partial charge on any atom is 0.183 e. The summed E-state index contributed by atoms with van der Waals surface area (Å²) in [4.78, 5) is 12.4. The van der Waals surface area contributed by atoms with Crippen molar-refractivity contribution in [2.24, 2.45) is 0 Å². The smallest absolute Gasteiger partial charge is 0.183 e. The molecule has 0 fully saturated rings. The van der Waals surface area contributed by atoms with Crippen molar-refractivity contribution < 1.29 is 14.3 Å². The molecule has 2 aromatic carbocycles. The predicted octanol–water partition coefficient (Wildman–Crippen LogP) is 4.42. The third-order valence-electron chi connectivity index (χ3n) is 3.68. The number of carbonyl (C=O) groups excluding carboxylic acids is 1. The summed E-state index contributed by atoms with van der Waals surface area (Å²) in [5.74, 6) is 1.42. The summed E-state index contributed by atoms with van der Waals surface area (Å²) in [5, 5.41) is 0. The van der Waals surface area contributed by atoms with Gasteiger partial charge in [-0.05, 0) is 31.5 Å². The molecule has 0 amide bonds. The van der Waals surface area contributed by atoms with Crippen molar-refractivity contribution in [3.8, 4) is 11.5 Å². The van der Waals surface area contributed by atoms with E-state index < -0.39 is 5.60 Å². The van der Waals surface area contributed by atoms with Gasteiger partial charge >= 0.3 is 0 Å². The van der Waals surface area contributed by atoms with E-state index in [9.17, 15) is 4.79 Å². The Balaban J connectivity index is 1.81. The zero-order valence-electron chi connectivity index (χ0n) is 12.5. The summed E-state index contributed by atoms with van der Waals surface area (Å²) < 4.78 is 11.6. The third kappa shape index (κ3) is 2.97. The van der Waals surface area contributed by atoms with E-state index in [-0.39, 0.29) is 9.71 Å². The SMILES string of the molecule is CC1(C)Oc2cc(OCc3ccccc3)ccc2C(=O)C1I. The number of Topliss-reactive ketones (excluding diaryl/α,β-unsaturated/α-hetero) is 1. The maximum absolute atomic E-state index is 12.4. The molecule has 1 aliphatic rings. The van der Waals surface area contributed by atoms with Crippen molar-refractivity contribution in [1.29, 1.82) is 0 Å². The fourth-order valence-electron chi connectivity index (χ4n) is 2.41. The lowest BCUT2D eigenvalue weighted by molar-refractivity contribution is 0.0682. The lowest BCUT2D eigenvalue weighted by atomic mass is 9.93. The lowest BCUT2D eigenvalue weighted by Crippen LogP contribution is -2.46. The Bertz CT molecular complexity index is 695. The zero-order valence-corrected chi connectivity index (χ0v) is 14.7. The number of carbonyl (C=O) groups is 1. The lowest BCUT2D eigenvalue weighted by Gasteiger charge is -2.36. The summed E-state index contributed by atoms with van der Waals surface area (Å²) in [5.41, 5.74) is 1.22. The number of ketones is 1. The van der Waals surface area contributed by atoms with Gasteiger partial charge in [0.25, 0.3) is 0 Å². The second-order valence-electron chi connectivity index (χ2n) is 5.86. The first kappa shape index (κ1) is 15.3. The van der Waals surface area contributed by atoms with Gasteiger partial charge in [-0.2, -0.15) is 0 Å². The van der Waals surface area contributed by atoms with E-state index in [1.165, 1.54) is 0 Å². The molecule has 0 aliphatic carbocycles. The number of rotatable bonds is 3. The summed E-state index contributed by atoms with van der Waals surface area (Å²) in [7, 11) is 0. The van der Waals surface area contributed by atoms with Gasteiger partial charge < -0.3 is 9.47 Å². The Kier molecular flexibility index (Phi) is 4.12. The molecule has 1 unspecified atom stereocenters. The van der Waals surface area contributed by atoms with Crippen LogP contribution in [0.15, 0.2) is 48.5 Å². The Hall–Kier alpha value is -1.56. The van der Waals surface area contributed by atoms with Crippen LogP contribution in [0, 0.1) is 0 Å². The van der Waals surface area contributed by atoms with Crippen LogP contribution in [0.1, 0.15) is 29.8 Å². The largest absolute Gasteiger partial charge is 0.489 e. The van der Waals surface area contributed by atoms with Gasteiger partial charge in [-0.15, -0.1) is 0 Å². The summed E-state index contributed by atoms with van der Waals surface area (Å²) in [6.45, 7) is 4.36. The number of hydrogen-bond acceptors (Lipinski definition) is 3. The molecule has 114 valence electrons. The van der Waals surface area contributed by atoms with Gasteiger partial charge in [0.1, 0.15) is 27.6 Å². The minimum Gasteiger partial charge on any atom is -0.489 e. The highest BCUT2D eigenvalue weighted by Crippen LogP contribution is 2.38. The minimum atomic E-state index is -0.511. The van der Waals surface area contributed by atoms with Crippen LogP contribution < -0.4 is 9.47 Å². The van der Waals surface area contributed by atoms with Crippen molar-refractivity contribution in [2.45, 2.75) is 30.0 Å². The maximum atomic E-state index is 12.4. The van der Waals surface area contributed by atoms with E-state index >= 15 is 0 Å². The van der Waals surface area contributed by atoms with Crippen molar-refractivity contribution in [2.75, 3.05) is 0 Å². The first-order valence-corrected chi connectivity index (χ1v) is 8.40. The second-order valence-corrected chi connectivity index (χ2v) is 7.11. The fraction of sp³-hybridized carbons (Fsp3) is 0.278. The molecule has 0 bridgehead atoms. The first-order chi connectivity index (χ1) is 10.5. The molecular formula is C18H17IO3. The van der Waals surface area contributed by atoms with Crippen LogP contribution >= 0.6 is 22.6 Å². The monoisotopic (exact) mass is 408 g/mol. The van der Waals surface area contributed by atoms with Gasteiger partial charge in [-0.1, -0.05) is 52.9 Å².